The van der Waals surface area contributed by atoms with Crippen molar-refractivity contribution in [1.29, 1.82) is 0 Å². The van der Waals surface area contributed by atoms with Crippen molar-refractivity contribution < 1.29 is 18.7 Å². The van der Waals surface area contributed by atoms with Gasteiger partial charge in [-0.25, -0.2) is 0 Å². The maximum absolute atomic E-state index is 13.5. The number of hydrogen-bond acceptors (Lipinski definition) is 5. The molecule has 0 radical (unpaired) electrons. The van der Waals surface area contributed by atoms with E-state index in [0.29, 0.717) is 43.4 Å². The van der Waals surface area contributed by atoms with Crippen LogP contribution in [-0.2, 0) is 4.79 Å². The lowest BCUT2D eigenvalue weighted by Gasteiger charge is -2.38. The van der Waals surface area contributed by atoms with Crippen LogP contribution in [0.3, 0.4) is 0 Å². The van der Waals surface area contributed by atoms with Crippen LogP contribution in [0.15, 0.2) is 71.3 Å². The Hall–Kier alpha value is -3.58. The standard InChI is InChI=1S/C25H27N3O4/c1-18-10-11-21(31-2)20(17-18)26-24(29)23(19-7-4-3-5-8-19)27-12-14-28(15-13-27)25(30)22-9-6-16-32-22/h3-11,16-17,23H,12-15H2,1-2H3,(H,26,29)/t23-/m0/s1. The lowest BCUT2D eigenvalue weighted by Crippen LogP contribution is -2.51. The van der Waals surface area contributed by atoms with E-state index in [4.69, 9.17) is 9.15 Å². The SMILES string of the molecule is COc1ccc(C)cc1NC(=O)[C@H](c1ccccc1)N1CCN(C(=O)c2ccco2)CC1. The van der Waals surface area contributed by atoms with E-state index in [1.807, 2.05) is 55.5 Å². The Bertz CT molecular complexity index is 1060. The van der Waals surface area contributed by atoms with Gasteiger partial charge in [-0.2, -0.15) is 0 Å². The van der Waals surface area contributed by atoms with Crippen LogP contribution < -0.4 is 10.1 Å². The van der Waals surface area contributed by atoms with Gasteiger partial charge in [-0.3, -0.25) is 14.5 Å². The summed E-state index contributed by atoms with van der Waals surface area (Å²) in [5.74, 6) is 0.692. The van der Waals surface area contributed by atoms with Crippen LogP contribution in [-0.4, -0.2) is 54.9 Å². The minimum Gasteiger partial charge on any atom is -0.495 e. The van der Waals surface area contributed by atoms with Gasteiger partial charge >= 0.3 is 0 Å². The van der Waals surface area contributed by atoms with Gasteiger partial charge in [-0.1, -0.05) is 36.4 Å². The number of aryl methyl sites for hydroxylation is 1. The van der Waals surface area contributed by atoms with Gasteiger partial charge in [0, 0.05) is 26.2 Å². The van der Waals surface area contributed by atoms with Crippen molar-refractivity contribution in [2.45, 2.75) is 13.0 Å². The molecular weight excluding hydrogens is 406 g/mol. The summed E-state index contributed by atoms with van der Waals surface area (Å²) >= 11 is 0. The van der Waals surface area contributed by atoms with Crippen molar-refractivity contribution in [3.05, 3.63) is 83.8 Å². The fourth-order valence-electron chi connectivity index (χ4n) is 4.02. The summed E-state index contributed by atoms with van der Waals surface area (Å²) in [6.45, 7) is 4.15. The zero-order valence-electron chi connectivity index (χ0n) is 18.3. The number of carbonyl (C=O) groups excluding carboxylic acids is 2. The van der Waals surface area contributed by atoms with E-state index in [2.05, 4.69) is 10.2 Å². The highest BCUT2D eigenvalue weighted by atomic mass is 16.5. The lowest BCUT2D eigenvalue weighted by atomic mass is 10.0. The van der Waals surface area contributed by atoms with Crippen LogP contribution in [0.25, 0.3) is 0 Å². The molecule has 1 N–H and O–H groups in total. The quantitative estimate of drug-likeness (QED) is 0.641. The molecule has 2 aromatic carbocycles. The van der Waals surface area contributed by atoms with Gasteiger partial charge < -0.3 is 19.4 Å². The van der Waals surface area contributed by atoms with Crippen LogP contribution in [0.4, 0.5) is 5.69 Å². The van der Waals surface area contributed by atoms with E-state index in [1.165, 1.54) is 6.26 Å². The van der Waals surface area contributed by atoms with Crippen molar-refractivity contribution in [3.8, 4) is 5.75 Å². The number of hydrogen-bond donors (Lipinski definition) is 1. The number of furan rings is 1. The van der Waals surface area contributed by atoms with Crippen molar-refractivity contribution in [2.75, 3.05) is 38.6 Å². The second kappa shape index (κ2) is 9.70. The van der Waals surface area contributed by atoms with Crippen LogP contribution in [0.1, 0.15) is 27.7 Å². The molecule has 4 rings (SSSR count). The van der Waals surface area contributed by atoms with Crippen LogP contribution in [0, 0.1) is 6.92 Å². The molecule has 3 aromatic rings. The Morgan fingerprint density at radius 1 is 1.00 bits per heavy atom. The minimum absolute atomic E-state index is 0.125. The van der Waals surface area contributed by atoms with E-state index in [0.717, 1.165) is 11.1 Å². The van der Waals surface area contributed by atoms with Crippen LogP contribution in [0.5, 0.6) is 5.75 Å². The Labute approximate surface area is 187 Å². The Morgan fingerprint density at radius 2 is 1.75 bits per heavy atom. The fourth-order valence-corrected chi connectivity index (χ4v) is 4.02. The predicted octanol–water partition coefficient (Wildman–Crippen LogP) is 3.73. The van der Waals surface area contributed by atoms with E-state index in [1.54, 1.807) is 24.1 Å². The zero-order valence-corrected chi connectivity index (χ0v) is 18.3. The smallest absolute Gasteiger partial charge is 0.289 e. The molecular formula is C25H27N3O4. The Kier molecular flexibility index (Phi) is 6.56. The molecule has 1 saturated heterocycles. The Morgan fingerprint density at radius 3 is 2.41 bits per heavy atom. The van der Waals surface area contributed by atoms with Gasteiger partial charge in [-0.15, -0.1) is 0 Å². The maximum atomic E-state index is 13.5. The number of anilines is 1. The molecule has 7 nitrogen and oxygen atoms in total. The number of amides is 2. The molecule has 0 aliphatic carbocycles. The number of nitrogens with one attached hydrogen (secondary N) is 1. The number of methoxy groups -OCH3 is 1. The van der Waals surface area contributed by atoms with E-state index >= 15 is 0 Å². The first-order valence-electron chi connectivity index (χ1n) is 10.6. The summed E-state index contributed by atoms with van der Waals surface area (Å²) in [5.41, 5.74) is 2.58. The van der Waals surface area contributed by atoms with Gasteiger partial charge in [0.1, 0.15) is 11.8 Å². The minimum atomic E-state index is -0.484. The van der Waals surface area contributed by atoms with Crippen LogP contribution >= 0.6 is 0 Å². The molecule has 0 saturated carbocycles. The molecule has 0 bridgehead atoms. The second-order valence-electron chi connectivity index (χ2n) is 7.81. The van der Waals surface area contributed by atoms with E-state index < -0.39 is 6.04 Å². The molecule has 0 spiro atoms. The van der Waals surface area contributed by atoms with Crippen molar-refractivity contribution in [2.24, 2.45) is 0 Å². The molecule has 166 valence electrons. The number of rotatable bonds is 6. The highest BCUT2D eigenvalue weighted by Gasteiger charge is 2.32. The summed E-state index contributed by atoms with van der Waals surface area (Å²) in [6, 6.07) is 18.3. The van der Waals surface area contributed by atoms with E-state index in [-0.39, 0.29) is 11.8 Å². The number of carbonyl (C=O) groups is 2. The van der Waals surface area contributed by atoms with Crippen LogP contribution in [0.2, 0.25) is 0 Å². The highest BCUT2D eigenvalue weighted by Crippen LogP contribution is 2.29. The highest BCUT2D eigenvalue weighted by molar-refractivity contribution is 5.97. The first-order valence-corrected chi connectivity index (χ1v) is 10.6. The number of nitrogens with zero attached hydrogens (tertiary/aromatic N) is 2. The van der Waals surface area contributed by atoms with Crippen molar-refractivity contribution in [1.82, 2.24) is 9.80 Å². The third-order valence-corrected chi connectivity index (χ3v) is 5.68. The molecule has 2 amide bonds. The monoisotopic (exact) mass is 433 g/mol. The van der Waals surface area contributed by atoms with Gasteiger partial charge in [0.2, 0.25) is 5.91 Å². The van der Waals surface area contributed by atoms with Crippen molar-refractivity contribution in [3.63, 3.8) is 0 Å². The average molecular weight is 434 g/mol. The first kappa shape index (κ1) is 21.6. The van der Waals surface area contributed by atoms with Crippen molar-refractivity contribution >= 4 is 17.5 Å². The topological polar surface area (TPSA) is 75.0 Å². The van der Waals surface area contributed by atoms with E-state index in [9.17, 15) is 9.59 Å². The maximum Gasteiger partial charge on any atom is 0.289 e. The number of benzene rings is 2. The molecule has 0 unspecified atom stereocenters. The molecule has 1 aromatic heterocycles. The van der Waals surface area contributed by atoms with Gasteiger partial charge in [0.05, 0.1) is 19.1 Å². The number of piperazine rings is 1. The van der Waals surface area contributed by atoms with Gasteiger partial charge in [-0.05, 0) is 42.3 Å². The molecule has 1 atom stereocenters. The fraction of sp³-hybridized carbons (Fsp3) is 0.280. The summed E-state index contributed by atoms with van der Waals surface area (Å²) in [7, 11) is 1.59. The normalized spacial score (nSPS) is 15.2. The second-order valence-corrected chi connectivity index (χ2v) is 7.81. The summed E-state index contributed by atoms with van der Waals surface area (Å²) in [4.78, 5) is 30.0. The first-order chi connectivity index (χ1) is 15.6. The molecule has 2 heterocycles. The molecule has 1 fully saturated rings. The average Bonchev–Trinajstić information content (AvgIpc) is 3.35. The molecule has 7 heteroatoms. The predicted molar refractivity (Wildman–Crippen MR) is 122 cm³/mol. The summed E-state index contributed by atoms with van der Waals surface area (Å²) in [6.07, 6.45) is 1.50. The third-order valence-electron chi connectivity index (χ3n) is 5.68. The summed E-state index contributed by atoms with van der Waals surface area (Å²) in [5, 5.41) is 3.05. The molecule has 1 aliphatic heterocycles. The molecule has 1 aliphatic rings. The molecule has 32 heavy (non-hydrogen) atoms. The zero-order chi connectivity index (χ0) is 22.5. The van der Waals surface area contributed by atoms with Gasteiger partial charge in [0.15, 0.2) is 5.76 Å². The van der Waals surface area contributed by atoms with Gasteiger partial charge in [0.25, 0.3) is 5.91 Å². The summed E-state index contributed by atoms with van der Waals surface area (Å²) < 4.78 is 10.7. The Balaban J connectivity index is 1.53. The number of ether oxygens (including phenoxy) is 1. The lowest BCUT2D eigenvalue weighted by molar-refractivity contribution is -0.122. The third kappa shape index (κ3) is 4.68. The largest absolute Gasteiger partial charge is 0.495 e.